The van der Waals surface area contributed by atoms with Crippen LogP contribution in [0.15, 0.2) is 83.9 Å². The number of nitrogens with zero attached hydrogens (tertiary/aromatic N) is 2. The molecule has 1 saturated heterocycles. The third-order valence-corrected chi connectivity index (χ3v) is 6.25. The number of fused-ring (bicyclic) bond motifs is 1. The van der Waals surface area contributed by atoms with Crippen LogP contribution in [-0.4, -0.2) is 15.7 Å². The largest absolute Gasteiger partial charge is 0.342 e. The fourth-order valence-corrected chi connectivity index (χ4v) is 4.66. The Labute approximate surface area is 189 Å². The third kappa shape index (κ3) is 3.59. The number of carbonyl (C=O) groups is 2. The summed E-state index contributed by atoms with van der Waals surface area (Å²) in [5, 5.41) is 12.9. The highest BCUT2D eigenvalue weighted by Gasteiger charge is 2.25. The van der Waals surface area contributed by atoms with E-state index >= 15 is 0 Å². The van der Waals surface area contributed by atoms with Gasteiger partial charge in [0.05, 0.1) is 10.5 Å². The van der Waals surface area contributed by atoms with Gasteiger partial charge in [-0.25, -0.2) is 0 Å². The molecule has 0 spiro atoms. The molecule has 0 saturated carbocycles. The SMILES string of the molecule is N#Cc1c(Cn2cc(C=C3SC(=O)NC3=O)c3ccccc32)cccc1-c1ccccc1. The molecule has 0 aliphatic carbocycles. The highest BCUT2D eigenvalue weighted by atomic mass is 32.2. The molecule has 32 heavy (non-hydrogen) atoms. The second kappa shape index (κ2) is 8.22. The number of amides is 2. The van der Waals surface area contributed by atoms with Crippen molar-refractivity contribution in [2.24, 2.45) is 0 Å². The number of nitrogens with one attached hydrogen (secondary N) is 1. The van der Waals surface area contributed by atoms with Crippen LogP contribution in [0.1, 0.15) is 16.7 Å². The number of hydrogen-bond donors (Lipinski definition) is 1. The lowest BCUT2D eigenvalue weighted by molar-refractivity contribution is -0.115. The van der Waals surface area contributed by atoms with Crippen LogP contribution in [0, 0.1) is 11.3 Å². The van der Waals surface area contributed by atoms with Crippen molar-refractivity contribution in [2.45, 2.75) is 6.54 Å². The Balaban J connectivity index is 1.59. The van der Waals surface area contributed by atoms with Gasteiger partial charge in [-0.2, -0.15) is 5.26 Å². The van der Waals surface area contributed by atoms with Gasteiger partial charge < -0.3 is 4.57 Å². The molecule has 2 amide bonds. The molecule has 154 valence electrons. The van der Waals surface area contributed by atoms with E-state index < -0.39 is 0 Å². The van der Waals surface area contributed by atoms with Crippen LogP contribution in [0.4, 0.5) is 4.79 Å². The maximum atomic E-state index is 12.0. The summed E-state index contributed by atoms with van der Waals surface area (Å²) in [6.45, 7) is 0.505. The Morgan fingerprint density at radius 2 is 1.75 bits per heavy atom. The van der Waals surface area contributed by atoms with Crippen molar-refractivity contribution in [3.63, 3.8) is 0 Å². The van der Waals surface area contributed by atoms with E-state index in [0.717, 1.165) is 44.9 Å². The molecule has 2 heterocycles. The fraction of sp³-hybridized carbons (Fsp3) is 0.0385. The van der Waals surface area contributed by atoms with Gasteiger partial charge in [-0.3, -0.25) is 14.9 Å². The molecule has 5 rings (SSSR count). The number of thioether (sulfide) groups is 1. The van der Waals surface area contributed by atoms with E-state index in [9.17, 15) is 14.9 Å². The van der Waals surface area contributed by atoms with Crippen molar-refractivity contribution in [1.29, 1.82) is 5.26 Å². The number of aromatic nitrogens is 1. The van der Waals surface area contributed by atoms with Crippen LogP contribution in [-0.2, 0) is 11.3 Å². The molecular weight excluding hydrogens is 418 g/mol. The smallest absolute Gasteiger partial charge is 0.290 e. The molecule has 0 bridgehead atoms. The molecular formula is C26H17N3O2S. The minimum atomic E-state index is -0.376. The lowest BCUT2D eigenvalue weighted by atomic mass is 9.96. The average Bonchev–Trinajstić information content (AvgIpc) is 3.33. The molecule has 1 aromatic heterocycles. The van der Waals surface area contributed by atoms with Crippen LogP contribution in [0.2, 0.25) is 0 Å². The van der Waals surface area contributed by atoms with Gasteiger partial charge in [0.15, 0.2) is 0 Å². The quantitative estimate of drug-likeness (QED) is 0.426. The summed E-state index contributed by atoms with van der Waals surface area (Å²) in [5.74, 6) is -0.376. The molecule has 5 nitrogen and oxygen atoms in total. The highest BCUT2D eigenvalue weighted by molar-refractivity contribution is 8.18. The molecule has 4 aromatic rings. The van der Waals surface area contributed by atoms with Gasteiger partial charge in [-0.1, -0.05) is 66.7 Å². The minimum Gasteiger partial charge on any atom is -0.342 e. The zero-order valence-electron chi connectivity index (χ0n) is 16.9. The van der Waals surface area contributed by atoms with E-state index in [4.69, 9.17) is 0 Å². The first kappa shape index (κ1) is 19.9. The first-order chi connectivity index (χ1) is 15.6. The van der Waals surface area contributed by atoms with Crippen molar-refractivity contribution < 1.29 is 9.59 Å². The summed E-state index contributed by atoms with van der Waals surface area (Å²) in [6.07, 6.45) is 3.71. The van der Waals surface area contributed by atoms with Crippen molar-refractivity contribution in [2.75, 3.05) is 0 Å². The predicted molar refractivity (Wildman–Crippen MR) is 127 cm³/mol. The Bertz CT molecular complexity index is 1450. The molecule has 1 fully saturated rings. The van der Waals surface area contributed by atoms with Crippen LogP contribution >= 0.6 is 11.8 Å². The Kier molecular flexibility index (Phi) is 5.10. The average molecular weight is 436 g/mol. The zero-order chi connectivity index (χ0) is 22.1. The van der Waals surface area contributed by atoms with Crippen molar-refractivity contribution in [3.8, 4) is 17.2 Å². The predicted octanol–water partition coefficient (Wildman–Crippen LogP) is 5.55. The topological polar surface area (TPSA) is 74.9 Å². The summed E-state index contributed by atoms with van der Waals surface area (Å²) >= 11 is 0.905. The van der Waals surface area contributed by atoms with E-state index in [1.165, 1.54) is 0 Å². The summed E-state index contributed by atoms with van der Waals surface area (Å²) in [7, 11) is 0. The first-order valence-electron chi connectivity index (χ1n) is 10.0. The number of hydrogen-bond acceptors (Lipinski definition) is 4. The zero-order valence-corrected chi connectivity index (χ0v) is 17.7. The lowest BCUT2D eigenvalue weighted by Gasteiger charge is -2.11. The summed E-state index contributed by atoms with van der Waals surface area (Å²) in [4.78, 5) is 23.9. The summed E-state index contributed by atoms with van der Waals surface area (Å²) in [6, 6.07) is 26.1. The lowest BCUT2D eigenvalue weighted by Crippen LogP contribution is -2.17. The van der Waals surface area contributed by atoms with Gasteiger partial charge in [-0.05, 0) is 40.6 Å². The molecule has 6 heteroatoms. The van der Waals surface area contributed by atoms with Gasteiger partial charge in [0.25, 0.3) is 11.1 Å². The van der Waals surface area contributed by atoms with Gasteiger partial charge >= 0.3 is 0 Å². The molecule has 1 N–H and O–H groups in total. The molecule has 1 aliphatic rings. The van der Waals surface area contributed by atoms with Gasteiger partial charge in [0, 0.05) is 29.2 Å². The molecule has 0 unspecified atom stereocenters. The first-order valence-corrected chi connectivity index (χ1v) is 10.9. The fourth-order valence-electron chi connectivity index (χ4n) is 3.99. The summed E-state index contributed by atoms with van der Waals surface area (Å²) < 4.78 is 2.08. The van der Waals surface area contributed by atoms with E-state index in [-0.39, 0.29) is 11.1 Å². The van der Waals surface area contributed by atoms with Crippen molar-refractivity contribution >= 4 is 39.9 Å². The summed E-state index contributed by atoms with van der Waals surface area (Å²) in [5.41, 5.74) is 5.31. The highest BCUT2D eigenvalue weighted by Crippen LogP contribution is 2.31. The van der Waals surface area contributed by atoms with Crippen LogP contribution < -0.4 is 5.32 Å². The Morgan fingerprint density at radius 1 is 0.969 bits per heavy atom. The van der Waals surface area contributed by atoms with Crippen molar-refractivity contribution in [3.05, 3.63) is 101 Å². The Morgan fingerprint density at radius 3 is 2.50 bits per heavy atom. The van der Waals surface area contributed by atoms with Crippen LogP contribution in [0.25, 0.3) is 28.1 Å². The normalized spacial score (nSPS) is 14.7. The number of nitriles is 1. The maximum Gasteiger partial charge on any atom is 0.290 e. The second-order valence-electron chi connectivity index (χ2n) is 7.40. The maximum absolute atomic E-state index is 12.0. The van der Waals surface area contributed by atoms with Crippen LogP contribution in [0.3, 0.4) is 0 Å². The molecule has 0 radical (unpaired) electrons. The van der Waals surface area contributed by atoms with Gasteiger partial charge in [0.1, 0.15) is 6.07 Å². The standard InChI is InChI=1S/C26H17N3O2S/c27-14-22-18(9-6-11-20(22)17-7-2-1-3-8-17)15-29-16-19(21-10-4-5-12-23(21)29)13-24-25(30)28-26(31)32-24/h1-13,16H,15H2,(H,28,30,31). The Hall–Kier alpha value is -4.08. The van der Waals surface area contributed by atoms with E-state index in [1.54, 1.807) is 6.08 Å². The van der Waals surface area contributed by atoms with Gasteiger partial charge in [-0.15, -0.1) is 0 Å². The minimum absolute atomic E-state index is 0.360. The second-order valence-corrected chi connectivity index (χ2v) is 8.41. The number of imide groups is 1. The number of carbonyl (C=O) groups excluding carboxylic acids is 2. The van der Waals surface area contributed by atoms with Crippen molar-refractivity contribution in [1.82, 2.24) is 9.88 Å². The third-order valence-electron chi connectivity index (χ3n) is 5.44. The van der Waals surface area contributed by atoms with E-state index in [1.807, 2.05) is 79.0 Å². The van der Waals surface area contributed by atoms with E-state index in [2.05, 4.69) is 16.0 Å². The van der Waals surface area contributed by atoms with Crippen LogP contribution in [0.5, 0.6) is 0 Å². The number of para-hydroxylation sites is 1. The monoisotopic (exact) mass is 435 g/mol. The number of rotatable bonds is 4. The van der Waals surface area contributed by atoms with Gasteiger partial charge in [0.2, 0.25) is 0 Å². The molecule has 0 atom stereocenters. The van der Waals surface area contributed by atoms with E-state index in [0.29, 0.717) is 17.0 Å². The molecule has 3 aromatic carbocycles. The molecule has 1 aliphatic heterocycles. The number of benzene rings is 3.